The van der Waals surface area contributed by atoms with Gasteiger partial charge < -0.3 is 9.47 Å². The molecule has 0 unspecified atom stereocenters. The van der Waals surface area contributed by atoms with Gasteiger partial charge in [0.25, 0.3) is 0 Å². The quantitative estimate of drug-likeness (QED) is 0.466. The van der Waals surface area contributed by atoms with E-state index in [2.05, 4.69) is 12.6 Å². The van der Waals surface area contributed by atoms with Crippen molar-refractivity contribution in [1.29, 1.82) is 0 Å². The van der Waals surface area contributed by atoms with Crippen LogP contribution in [0.5, 0.6) is 0 Å². The normalized spacial score (nSPS) is 22.3. The van der Waals surface area contributed by atoms with E-state index in [1.165, 1.54) is 0 Å². The highest BCUT2D eigenvalue weighted by atomic mass is 32.1. The minimum Gasteiger partial charge on any atom is -0.381 e. The van der Waals surface area contributed by atoms with Gasteiger partial charge >= 0.3 is 0 Å². The molecular formula is C6H12O2S. The van der Waals surface area contributed by atoms with E-state index >= 15 is 0 Å². The fraction of sp³-hybridized carbons (Fsp3) is 1.00. The van der Waals surface area contributed by atoms with Gasteiger partial charge in [-0.1, -0.05) is 0 Å². The molecule has 0 aromatic carbocycles. The van der Waals surface area contributed by atoms with E-state index in [1.807, 2.05) is 0 Å². The first kappa shape index (κ1) is 7.38. The number of hydrogen-bond donors (Lipinski definition) is 1. The zero-order valence-electron chi connectivity index (χ0n) is 5.38. The van der Waals surface area contributed by atoms with E-state index in [4.69, 9.17) is 9.47 Å². The summed E-state index contributed by atoms with van der Waals surface area (Å²) in [6.45, 7) is 1.69. The van der Waals surface area contributed by atoms with Gasteiger partial charge in [-0.05, 0) is 12.8 Å². The van der Waals surface area contributed by atoms with E-state index in [1.54, 1.807) is 0 Å². The van der Waals surface area contributed by atoms with Crippen molar-refractivity contribution in [3.8, 4) is 0 Å². The third-order valence-corrected chi connectivity index (χ3v) is 1.63. The molecule has 2 nitrogen and oxygen atoms in total. The van der Waals surface area contributed by atoms with Crippen LogP contribution in [-0.4, -0.2) is 25.3 Å². The Morgan fingerprint density at radius 2 is 2.11 bits per heavy atom. The Morgan fingerprint density at radius 3 is 2.67 bits per heavy atom. The van der Waals surface area contributed by atoms with E-state index in [0.717, 1.165) is 26.1 Å². The van der Waals surface area contributed by atoms with Crippen molar-refractivity contribution < 1.29 is 9.47 Å². The van der Waals surface area contributed by atoms with Crippen LogP contribution in [0.25, 0.3) is 0 Å². The third-order valence-electron chi connectivity index (χ3n) is 1.48. The summed E-state index contributed by atoms with van der Waals surface area (Å²) < 4.78 is 10.4. The summed E-state index contributed by atoms with van der Waals surface area (Å²) in [6.07, 6.45) is 2.46. The molecule has 1 aliphatic rings. The maximum Gasteiger partial charge on any atom is 0.0896 e. The summed E-state index contributed by atoms with van der Waals surface area (Å²) >= 11 is 3.97. The highest BCUT2D eigenvalue weighted by Gasteiger charge is 2.12. The highest BCUT2D eigenvalue weighted by molar-refractivity contribution is 7.80. The van der Waals surface area contributed by atoms with Crippen LogP contribution < -0.4 is 0 Å². The van der Waals surface area contributed by atoms with Gasteiger partial charge in [-0.25, -0.2) is 0 Å². The monoisotopic (exact) mass is 148 g/mol. The Balaban J connectivity index is 2.08. The molecule has 0 aliphatic carbocycles. The molecule has 9 heavy (non-hydrogen) atoms. The summed E-state index contributed by atoms with van der Waals surface area (Å²) in [6, 6.07) is 0. The lowest BCUT2D eigenvalue weighted by Crippen LogP contribution is -2.22. The maximum atomic E-state index is 5.27. The minimum absolute atomic E-state index is 0.399. The van der Waals surface area contributed by atoms with E-state index < -0.39 is 0 Å². The standard InChI is InChI=1S/C6H12O2S/c9-5-8-6-1-3-7-4-2-6/h6,9H,1-5H2. The van der Waals surface area contributed by atoms with Gasteiger partial charge in [0.1, 0.15) is 0 Å². The van der Waals surface area contributed by atoms with Crippen LogP contribution in [0.1, 0.15) is 12.8 Å². The predicted octanol–water partition coefficient (Wildman–Crippen LogP) is 1.07. The average Bonchev–Trinajstić information content (AvgIpc) is 1.91. The highest BCUT2D eigenvalue weighted by Crippen LogP contribution is 2.10. The molecule has 0 radical (unpaired) electrons. The first-order valence-electron chi connectivity index (χ1n) is 3.23. The lowest BCUT2D eigenvalue weighted by molar-refractivity contribution is -0.0149. The molecular weight excluding hydrogens is 136 g/mol. The van der Waals surface area contributed by atoms with Gasteiger partial charge in [0.15, 0.2) is 0 Å². The summed E-state index contributed by atoms with van der Waals surface area (Å²) in [5.41, 5.74) is 0. The predicted molar refractivity (Wildman–Crippen MR) is 38.8 cm³/mol. The molecule has 1 saturated heterocycles. The zero-order valence-corrected chi connectivity index (χ0v) is 6.27. The van der Waals surface area contributed by atoms with Crippen molar-refractivity contribution in [3.63, 3.8) is 0 Å². The second-order valence-electron chi connectivity index (χ2n) is 2.11. The average molecular weight is 148 g/mol. The van der Waals surface area contributed by atoms with Crippen LogP contribution >= 0.6 is 12.6 Å². The smallest absolute Gasteiger partial charge is 0.0896 e. The van der Waals surface area contributed by atoms with Gasteiger partial charge in [0, 0.05) is 13.2 Å². The molecule has 1 heterocycles. The second kappa shape index (κ2) is 4.14. The fourth-order valence-electron chi connectivity index (χ4n) is 0.948. The third kappa shape index (κ3) is 2.56. The molecule has 0 amide bonds. The van der Waals surface area contributed by atoms with Crippen LogP contribution in [0, 0.1) is 0 Å². The van der Waals surface area contributed by atoms with Crippen molar-refractivity contribution in [1.82, 2.24) is 0 Å². The fourth-order valence-corrected chi connectivity index (χ4v) is 1.16. The van der Waals surface area contributed by atoms with Gasteiger partial charge in [0.2, 0.25) is 0 Å². The van der Waals surface area contributed by atoms with Crippen LogP contribution in [0.4, 0.5) is 0 Å². The minimum atomic E-state index is 0.399. The molecule has 0 aromatic heterocycles. The molecule has 0 atom stereocenters. The van der Waals surface area contributed by atoms with Crippen LogP contribution in [-0.2, 0) is 9.47 Å². The van der Waals surface area contributed by atoms with Crippen molar-refractivity contribution in [2.24, 2.45) is 0 Å². The molecule has 0 N–H and O–H groups in total. The number of rotatable bonds is 2. The topological polar surface area (TPSA) is 18.5 Å². The van der Waals surface area contributed by atoms with Gasteiger partial charge in [-0.15, -0.1) is 0 Å². The lowest BCUT2D eigenvalue weighted by Gasteiger charge is -2.21. The first-order chi connectivity index (χ1) is 4.43. The van der Waals surface area contributed by atoms with Gasteiger partial charge in [0.05, 0.1) is 12.0 Å². The molecule has 3 heteroatoms. The number of thiol groups is 1. The van der Waals surface area contributed by atoms with E-state index in [-0.39, 0.29) is 0 Å². The van der Waals surface area contributed by atoms with Gasteiger partial charge in [-0.2, -0.15) is 12.6 Å². The van der Waals surface area contributed by atoms with E-state index in [9.17, 15) is 0 Å². The Kier molecular flexibility index (Phi) is 3.40. The van der Waals surface area contributed by atoms with Crippen LogP contribution in [0.3, 0.4) is 0 Å². The molecule has 0 aromatic rings. The number of hydrogen-bond acceptors (Lipinski definition) is 3. The largest absolute Gasteiger partial charge is 0.381 e. The van der Waals surface area contributed by atoms with Crippen molar-refractivity contribution in [2.75, 3.05) is 19.2 Å². The lowest BCUT2D eigenvalue weighted by atomic mass is 10.2. The van der Waals surface area contributed by atoms with Gasteiger partial charge in [-0.3, -0.25) is 0 Å². The Bertz CT molecular complexity index is 68.7. The summed E-state index contributed by atoms with van der Waals surface area (Å²) in [5, 5.41) is 0. The first-order valence-corrected chi connectivity index (χ1v) is 3.87. The Morgan fingerprint density at radius 1 is 1.44 bits per heavy atom. The molecule has 0 spiro atoms. The molecule has 54 valence electrons. The van der Waals surface area contributed by atoms with Crippen molar-refractivity contribution in [3.05, 3.63) is 0 Å². The SMILES string of the molecule is SCOC1CCOCC1. The Hall–Kier alpha value is 0.270. The summed E-state index contributed by atoms with van der Waals surface area (Å²) in [7, 11) is 0. The Labute approximate surface area is 60.9 Å². The van der Waals surface area contributed by atoms with Crippen molar-refractivity contribution in [2.45, 2.75) is 18.9 Å². The molecule has 0 bridgehead atoms. The van der Waals surface area contributed by atoms with E-state index in [0.29, 0.717) is 12.0 Å². The number of ether oxygens (including phenoxy) is 2. The van der Waals surface area contributed by atoms with Crippen LogP contribution in [0.2, 0.25) is 0 Å². The molecule has 0 saturated carbocycles. The van der Waals surface area contributed by atoms with Crippen molar-refractivity contribution >= 4 is 12.6 Å². The van der Waals surface area contributed by atoms with Crippen LogP contribution in [0.15, 0.2) is 0 Å². The second-order valence-corrected chi connectivity index (χ2v) is 2.37. The zero-order chi connectivity index (χ0) is 6.53. The summed E-state index contributed by atoms with van der Waals surface area (Å²) in [5.74, 6) is 0.532. The molecule has 1 fully saturated rings. The molecule has 1 aliphatic heterocycles. The maximum absolute atomic E-state index is 5.27. The summed E-state index contributed by atoms with van der Waals surface area (Å²) in [4.78, 5) is 0. The molecule has 1 rings (SSSR count).